The Morgan fingerprint density at radius 2 is 1.85 bits per heavy atom. The molecule has 1 aliphatic rings. The van der Waals surface area contributed by atoms with Crippen molar-refractivity contribution >= 4 is 29.0 Å². The highest BCUT2D eigenvalue weighted by Crippen LogP contribution is 2.32. The SMILES string of the molecule is Cc1ccc(N2CCCN(Cc3cccc(OC(F)(F)F)c3)C2=O)c(NC(=O)c2ccc(C)c([N+](=O)[O-])c2)c1. The third-order valence-corrected chi connectivity index (χ3v) is 6.18. The van der Waals surface area contributed by atoms with Crippen molar-refractivity contribution in [2.75, 3.05) is 23.3 Å². The fourth-order valence-electron chi connectivity index (χ4n) is 4.34. The number of nitro benzene ring substituents is 1. The monoisotopic (exact) mass is 542 g/mol. The lowest BCUT2D eigenvalue weighted by atomic mass is 10.1. The summed E-state index contributed by atoms with van der Waals surface area (Å²) >= 11 is 0. The van der Waals surface area contributed by atoms with Gasteiger partial charge in [-0.1, -0.05) is 24.3 Å². The molecule has 1 aliphatic heterocycles. The molecular weight excluding hydrogens is 517 g/mol. The second-order valence-corrected chi connectivity index (χ2v) is 9.14. The zero-order chi connectivity index (χ0) is 28.3. The van der Waals surface area contributed by atoms with E-state index in [0.29, 0.717) is 42.0 Å². The second-order valence-electron chi connectivity index (χ2n) is 9.14. The van der Waals surface area contributed by atoms with Gasteiger partial charge in [-0.05, 0) is 61.7 Å². The van der Waals surface area contributed by atoms with Crippen molar-refractivity contribution in [3.05, 3.63) is 93.0 Å². The van der Waals surface area contributed by atoms with Crippen LogP contribution in [0.4, 0.5) is 35.0 Å². The van der Waals surface area contributed by atoms with E-state index < -0.39 is 17.2 Å². The number of nitrogens with one attached hydrogen (secondary N) is 1. The Hall–Kier alpha value is -4.61. The quantitative estimate of drug-likeness (QED) is 0.283. The first-order valence-corrected chi connectivity index (χ1v) is 12.0. The van der Waals surface area contributed by atoms with Gasteiger partial charge in [-0.25, -0.2) is 4.79 Å². The standard InChI is InChI=1S/C27H25F3N4O5/c1-17-7-10-23(22(13-17)31-25(35)20-9-8-18(2)24(15-20)34(37)38)33-12-4-11-32(26(33)36)16-19-5-3-6-21(14-19)39-27(28,29)30/h3,5-10,13-15H,4,11-12,16H2,1-2H3,(H,31,35). The summed E-state index contributed by atoms with van der Waals surface area (Å²) in [5.41, 5.74) is 2.38. The van der Waals surface area contributed by atoms with Gasteiger partial charge >= 0.3 is 12.4 Å². The highest BCUT2D eigenvalue weighted by Gasteiger charge is 2.32. The van der Waals surface area contributed by atoms with E-state index in [2.05, 4.69) is 10.1 Å². The van der Waals surface area contributed by atoms with E-state index in [0.717, 1.165) is 5.56 Å². The van der Waals surface area contributed by atoms with Crippen LogP contribution in [0.15, 0.2) is 60.7 Å². The lowest BCUT2D eigenvalue weighted by Crippen LogP contribution is -2.49. The Bertz CT molecular complexity index is 1430. The van der Waals surface area contributed by atoms with Crippen LogP contribution in [0.5, 0.6) is 5.75 Å². The minimum Gasteiger partial charge on any atom is -0.406 e. The van der Waals surface area contributed by atoms with E-state index in [1.165, 1.54) is 46.2 Å². The molecule has 1 saturated heterocycles. The molecule has 0 spiro atoms. The molecule has 204 valence electrons. The number of urea groups is 1. The van der Waals surface area contributed by atoms with E-state index >= 15 is 0 Å². The van der Waals surface area contributed by atoms with Crippen molar-refractivity contribution in [2.45, 2.75) is 33.2 Å². The molecule has 1 heterocycles. The summed E-state index contributed by atoms with van der Waals surface area (Å²) in [5.74, 6) is -0.950. The van der Waals surface area contributed by atoms with Gasteiger partial charge in [-0.2, -0.15) is 0 Å². The van der Waals surface area contributed by atoms with Crippen molar-refractivity contribution in [2.24, 2.45) is 0 Å². The van der Waals surface area contributed by atoms with Crippen LogP contribution in [-0.2, 0) is 6.54 Å². The number of nitro groups is 1. The minimum absolute atomic E-state index is 0.0605. The van der Waals surface area contributed by atoms with Crippen molar-refractivity contribution in [1.82, 2.24) is 4.90 Å². The predicted molar refractivity (Wildman–Crippen MR) is 138 cm³/mol. The van der Waals surface area contributed by atoms with Crippen LogP contribution in [0.3, 0.4) is 0 Å². The van der Waals surface area contributed by atoms with Gasteiger partial charge in [0.05, 0.1) is 16.3 Å². The van der Waals surface area contributed by atoms with Crippen molar-refractivity contribution < 1.29 is 32.4 Å². The molecule has 0 atom stereocenters. The largest absolute Gasteiger partial charge is 0.573 e. The van der Waals surface area contributed by atoms with Gasteiger partial charge in [0.2, 0.25) is 0 Å². The summed E-state index contributed by atoms with van der Waals surface area (Å²) in [4.78, 5) is 40.2. The molecule has 3 aromatic rings. The van der Waals surface area contributed by atoms with Crippen molar-refractivity contribution in [3.63, 3.8) is 0 Å². The van der Waals surface area contributed by atoms with Gasteiger partial charge < -0.3 is 15.0 Å². The Labute approximate surface area is 221 Å². The summed E-state index contributed by atoms with van der Waals surface area (Å²) in [5, 5.41) is 14.1. The maximum Gasteiger partial charge on any atom is 0.573 e. The average molecular weight is 543 g/mol. The molecule has 9 nitrogen and oxygen atoms in total. The molecule has 0 radical (unpaired) electrons. The number of carbonyl (C=O) groups excluding carboxylic acids is 2. The normalized spacial score (nSPS) is 13.8. The Morgan fingerprint density at radius 3 is 2.56 bits per heavy atom. The summed E-state index contributed by atoms with van der Waals surface area (Å²) in [6, 6.07) is 14.4. The van der Waals surface area contributed by atoms with Crippen LogP contribution < -0.4 is 15.0 Å². The second kappa shape index (κ2) is 11.0. The van der Waals surface area contributed by atoms with E-state index in [4.69, 9.17) is 0 Å². The van der Waals surface area contributed by atoms with Gasteiger partial charge in [0.1, 0.15) is 5.75 Å². The highest BCUT2D eigenvalue weighted by molar-refractivity contribution is 6.08. The first kappa shape index (κ1) is 27.4. The minimum atomic E-state index is -4.83. The number of anilines is 2. The van der Waals surface area contributed by atoms with Gasteiger partial charge in [0.15, 0.2) is 0 Å². The number of aryl methyl sites for hydroxylation is 2. The maximum absolute atomic E-state index is 13.4. The molecule has 39 heavy (non-hydrogen) atoms. The fraction of sp³-hybridized carbons (Fsp3) is 0.259. The maximum atomic E-state index is 13.4. The Kier molecular flexibility index (Phi) is 7.75. The van der Waals surface area contributed by atoms with Crippen LogP contribution >= 0.6 is 0 Å². The summed E-state index contributed by atoms with van der Waals surface area (Å²) in [7, 11) is 0. The summed E-state index contributed by atoms with van der Waals surface area (Å²) < 4.78 is 41.8. The van der Waals surface area contributed by atoms with E-state index in [9.17, 15) is 32.9 Å². The third-order valence-electron chi connectivity index (χ3n) is 6.18. The van der Waals surface area contributed by atoms with E-state index in [1.54, 1.807) is 31.2 Å². The van der Waals surface area contributed by atoms with E-state index in [1.807, 2.05) is 6.92 Å². The lowest BCUT2D eigenvalue weighted by Gasteiger charge is -2.36. The molecule has 12 heteroatoms. The number of benzene rings is 3. The van der Waals surface area contributed by atoms with Crippen LogP contribution in [0.25, 0.3) is 0 Å². The molecular formula is C27H25F3N4O5. The summed E-state index contributed by atoms with van der Waals surface area (Å²) in [6.45, 7) is 4.20. The number of ether oxygens (including phenoxy) is 1. The number of amides is 3. The van der Waals surface area contributed by atoms with E-state index in [-0.39, 0.29) is 29.6 Å². The predicted octanol–water partition coefficient (Wildman–Crippen LogP) is 6.19. The zero-order valence-electron chi connectivity index (χ0n) is 21.1. The smallest absolute Gasteiger partial charge is 0.406 e. The molecule has 3 amide bonds. The molecule has 4 rings (SSSR count). The molecule has 0 saturated carbocycles. The zero-order valence-corrected chi connectivity index (χ0v) is 21.1. The Balaban J connectivity index is 1.56. The number of carbonyl (C=O) groups is 2. The molecule has 1 N–H and O–H groups in total. The number of nitrogens with zero attached hydrogens (tertiary/aromatic N) is 3. The fourth-order valence-corrected chi connectivity index (χ4v) is 4.34. The molecule has 0 unspecified atom stereocenters. The molecule has 3 aromatic carbocycles. The van der Waals surface area contributed by atoms with Crippen molar-refractivity contribution in [1.29, 1.82) is 0 Å². The molecule has 1 fully saturated rings. The first-order chi connectivity index (χ1) is 18.4. The molecule has 0 aliphatic carbocycles. The number of hydrogen-bond donors (Lipinski definition) is 1. The Morgan fingerprint density at radius 1 is 1.08 bits per heavy atom. The van der Waals surface area contributed by atoms with Gasteiger partial charge in [0.25, 0.3) is 11.6 Å². The first-order valence-electron chi connectivity index (χ1n) is 12.0. The lowest BCUT2D eigenvalue weighted by molar-refractivity contribution is -0.385. The highest BCUT2D eigenvalue weighted by atomic mass is 19.4. The number of halogens is 3. The summed E-state index contributed by atoms with van der Waals surface area (Å²) in [6.07, 6.45) is -4.25. The van der Waals surface area contributed by atoms with Crippen molar-refractivity contribution in [3.8, 4) is 5.75 Å². The van der Waals surface area contributed by atoms with Crippen LogP contribution in [0.2, 0.25) is 0 Å². The number of alkyl halides is 3. The van der Waals surface area contributed by atoms with Crippen LogP contribution in [-0.4, -0.2) is 41.2 Å². The average Bonchev–Trinajstić information content (AvgIpc) is 2.85. The van der Waals surface area contributed by atoms with Gasteiger partial charge in [-0.3, -0.25) is 19.8 Å². The van der Waals surface area contributed by atoms with Gasteiger partial charge in [0, 0.05) is 36.8 Å². The van der Waals surface area contributed by atoms with Crippen LogP contribution in [0.1, 0.15) is 33.5 Å². The molecule has 0 aromatic heterocycles. The number of hydrogen-bond acceptors (Lipinski definition) is 5. The van der Waals surface area contributed by atoms with Crippen LogP contribution in [0, 0.1) is 24.0 Å². The number of rotatable bonds is 7. The molecule has 0 bridgehead atoms. The topological polar surface area (TPSA) is 105 Å². The third kappa shape index (κ3) is 6.64. The van der Waals surface area contributed by atoms with Gasteiger partial charge in [-0.15, -0.1) is 13.2 Å².